The highest BCUT2D eigenvalue weighted by Gasteiger charge is 2.58. The van der Waals surface area contributed by atoms with Crippen LogP contribution in [0, 0.1) is 11.2 Å². The van der Waals surface area contributed by atoms with Gasteiger partial charge in [-0.25, -0.2) is 19.0 Å². The highest BCUT2D eigenvalue weighted by Crippen LogP contribution is 2.52. The number of nitrogens with zero attached hydrogens (tertiary/aromatic N) is 3. The quantitative estimate of drug-likeness (QED) is 0.340. The average Bonchev–Trinajstić information content (AvgIpc) is 3.62. The Labute approximate surface area is 264 Å². The molecule has 10 nitrogen and oxygen atoms in total. The number of hydrogen-bond acceptors (Lipinski definition) is 6. The number of fused-ring (bicyclic) bond motifs is 5. The van der Waals surface area contributed by atoms with E-state index in [1.165, 1.54) is 12.1 Å². The first-order valence-corrected chi connectivity index (χ1v) is 15.6. The number of benzene rings is 1. The lowest BCUT2D eigenvalue weighted by atomic mass is 9.71. The van der Waals surface area contributed by atoms with Gasteiger partial charge in [-0.15, -0.1) is 0 Å². The van der Waals surface area contributed by atoms with Gasteiger partial charge in [0.05, 0.1) is 23.4 Å². The number of amides is 3. The van der Waals surface area contributed by atoms with Crippen LogP contribution in [0.15, 0.2) is 47.5 Å². The Morgan fingerprint density at radius 2 is 1.98 bits per heavy atom. The molecule has 1 aromatic carbocycles. The van der Waals surface area contributed by atoms with Crippen molar-refractivity contribution in [2.75, 3.05) is 18.5 Å². The predicted octanol–water partition coefficient (Wildman–Crippen LogP) is 6.30. The van der Waals surface area contributed by atoms with E-state index < -0.39 is 17.4 Å². The minimum Gasteiger partial charge on any atom is -0.477 e. The monoisotopic (exact) mass is 635 g/mol. The number of carbonyl (C=O) groups excluding carboxylic acids is 2. The molecule has 2 atom stereocenters. The Kier molecular flexibility index (Phi) is 7.07. The van der Waals surface area contributed by atoms with Gasteiger partial charge >= 0.3 is 12.1 Å². The summed E-state index contributed by atoms with van der Waals surface area (Å²) in [5.41, 5.74) is 2.11. The number of H-pyrrole nitrogens is 1. The van der Waals surface area contributed by atoms with E-state index >= 15 is 4.39 Å². The number of hydrogen-bond donors (Lipinski definition) is 2. The fourth-order valence-electron chi connectivity index (χ4n) is 7.33. The van der Waals surface area contributed by atoms with E-state index in [0.717, 1.165) is 36.8 Å². The van der Waals surface area contributed by atoms with E-state index in [4.69, 9.17) is 21.1 Å². The Bertz CT molecular complexity index is 1730. The normalized spacial score (nSPS) is 24.6. The number of urea groups is 1. The summed E-state index contributed by atoms with van der Waals surface area (Å²) in [6, 6.07) is 7.31. The van der Waals surface area contributed by atoms with E-state index in [-0.39, 0.29) is 45.9 Å². The van der Waals surface area contributed by atoms with Crippen LogP contribution < -0.4 is 15.6 Å². The summed E-state index contributed by atoms with van der Waals surface area (Å²) >= 11 is 6.58. The lowest BCUT2D eigenvalue weighted by Gasteiger charge is -2.36. The van der Waals surface area contributed by atoms with Gasteiger partial charge in [0.2, 0.25) is 11.4 Å². The van der Waals surface area contributed by atoms with Crippen LogP contribution in [0.4, 0.5) is 19.7 Å². The first kappa shape index (κ1) is 29.6. The van der Waals surface area contributed by atoms with Crippen molar-refractivity contribution < 1.29 is 23.5 Å². The molecule has 1 saturated carbocycles. The second kappa shape index (κ2) is 10.8. The molecule has 2 N–H and O–H groups in total. The summed E-state index contributed by atoms with van der Waals surface area (Å²) in [6.07, 6.45) is 6.88. The third kappa shape index (κ3) is 5.51. The number of aromatic amines is 1. The van der Waals surface area contributed by atoms with Crippen LogP contribution in [0.2, 0.25) is 5.02 Å². The molecule has 0 spiro atoms. The molecule has 3 saturated heterocycles. The van der Waals surface area contributed by atoms with Gasteiger partial charge in [-0.05, 0) is 82.2 Å². The minimum absolute atomic E-state index is 0.0108. The molecule has 5 aliphatic rings. The average molecular weight is 636 g/mol. The molecule has 3 aromatic rings. The molecule has 12 heteroatoms. The van der Waals surface area contributed by atoms with Crippen LogP contribution in [0.3, 0.4) is 0 Å². The van der Waals surface area contributed by atoms with Gasteiger partial charge in [0.1, 0.15) is 11.4 Å². The third-order valence-corrected chi connectivity index (χ3v) is 9.69. The van der Waals surface area contributed by atoms with Crippen molar-refractivity contribution in [1.82, 2.24) is 19.8 Å². The van der Waals surface area contributed by atoms with Crippen molar-refractivity contribution >= 4 is 29.4 Å². The predicted molar refractivity (Wildman–Crippen MR) is 166 cm³/mol. The minimum atomic E-state index is -0.619. The maximum absolute atomic E-state index is 15.3. The van der Waals surface area contributed by atoms with E-state index in [9.17, 15) is 14.4 Å². The molecule has 4 fully saturated rings. The number of halogens is 2. The summed E-state index contributed by atoms with van der Waals surface area (Å²) in [5, 5.41) is 2.97. The molecule has 2 aromatic heterocycles. The van der Waals surface area contributed by atoms with Gasteiger partial charge < -0.3 is 29.6 Å². The second-order valence-corrected chi connectivity index (χ2v) is 14.1. The molecular weight excluding hydrogens is 601 g/mol. The number of aromatic nitrogens is 2. The standard InChI is InChI=1S/C33H35ClFN5O5/c1-32(2,3)45-31(43)39-16-33(12-21(39)13-33)17-44-29-7-4-18(14-37-29)22-10-25(35)26(11-24(22)34)38-30(42)40-20-5-6-27(40)23-15-36-28(41)9-19(23)8-20/h4,7,9-11,14-15,20-21,27H,5-6,8,12-13,16-17H2,1-3H3,(H,36,41)(H,38,42)/t20-,21?,27+,33?/m0/s1. The Morgan fingerprint density at radius 3 is 2.71 bits per heavy atom. The highest BCUT2D eigenvalue weighted by atomic mass is 35.5. The summed E-state index contributed by atoms with van der Waals surface area (Å²) in [7, 11) is 0. The SMILES string of the molecule is CC(C)(C)OC(=O)N1CC2(COc3ccc(-c4cc(F)c(NC(=O)N5[C@H]6CC[C@@H]5c5c[nH]c(=O)cc5C6)cc4Cl)cn3)CC1C2. The third-order valence-electron chi connectivity index (χ3n) is 9.38. The van der Waals surface area contributed by atoms with Crippen LogP contribution in [0.25, 0.3) is 11.1 Å². The van der Waals surface area contributed by atoms with Crippen LogP contribution in [0.5, 0.6) is 5.88 Å². The Hall–Kier alpha value is -4.12. The van der Waals surface area contributed by atoms with E-state index in [0.29, 0.717) is 36.6 Å². The first-order chi connectivity index (χ1) is 21.4. The molecule has 236 valence electrons. The number of rotatable bonds is 5. The van der Waals surface area contributed by atoms with Crippen molar-refractivity contribution in [3.63, 3.8) is 0 Å². The van der Waals surface area contributed by atoms with Crippen LogP contribution in [0.1, 0.15) is 63.6 Å². The molecule has 0 unspecified atom stereocenters. The summed E-state index contributed by atoms with van der Waals surface area (Å²) in [4.78, 5) is 48.3. The van der Waals surface area contributed by atoms with Gasteiger partial charge in [-0.1, -0.05) is 11.6 Å². The van der Waals surface area contributed by atoms with Crippen LogP contribution in [-0.4, -0.2) is 62.7 Å². The lowest BCUT2D eigenvalue weighted by Crippen LogP contribution is -2.44. The van der Waals surface area contributed by atoms with Gasteiger partial charge in [0.15, 0.2) is 0 Å². The topological polar surface area (TPSA) is 117 Å². The zero-order valence-electron chi connectivity index (χ0n) is 25.4. The summed E-state index contributed by atoms with van der Waals surface area (Å²) in [5.74, 6) is -0.193. The van der Waals surface area contributed by atoms with Gasteiger partial charge in [-0.3, -0.25) is 4.79 Å². The van der Waals surface area contributed by atoms with Crippen LogP contribution in [-0.2, 0) is 11.2 Å². The molecule has 4 aliphatic heterocycles. The largest absolute Gasteiger partial charge is 0.477 e. The molecular formula is C33H35ClFN5O5. The molecule has 6 heterocycles. The van der Waals surface area contributed by atoms with E-state index in [2.05, 4.69) is 15.3 Å². The fourth-order valence-corrected chi connectivity index (χ4v) is 7.61. The smallest absolute Gasteiger partial charge is 0.410 e. The van der Waals surface area contributed by atoms with Crippen molar-refractivity contribution in [1.29, 1.82) is 0 Å². The van der Waals surface area contributed by atoms with Gasteiger partial charge in [0.25, 0.3) is 0 Å². The lowest BCUT2D eigenvalue weighted by molar-refractivity contribution is 0.0240. The number of nitrogens with one attached hydrogen (secondary N) is 2. The maximum atomic E-state index is 15.3. The molecule has 1 aliphatic carbocycles. The molecule has 4 bridgehead atoms. The van der Waals surface area contributed by atoms with Crippen molar-refractivity contribution in [2.45, 2.75) is 76.6 Å². The zero-order valence-corrected chi connectivity index (χ0v) is 26.1. The molecule has 0 radical (unpaired) electrons. The van der Waals surface area contributed by atoms with Crippen molar-refractivity contribution in [2.24, 2.45) is 5.41 Å². The molecule has 45 heavy (non-hydrogen) atoms. The van der Waals surface area contributed by atoms with Gasteiger partial charge in [-0.2, -0.15) is 0 Å². The fraction of sp³-hybridized carbons (Fsp3) is 0.455. The Morgan fingerprint density at radius 1 is 1.18 bits per heavy atom. The second-order valence-electron chi connectivity index (χ2n) is 13.7. The Balaban J connectivity index is 0.985. The molecule has 3 amide bonds. The number of anilines is 1. The highest BCUT2D eigenvalue weighted by molar-refractivity contribution is 6.33. The zero-order chi connectivity index (χ0) is 31.7. The number of pyridine rings is 2. The maximum Gasteiger partial charge on any atom is 0.410 e. The number of ether oxygens (including phenoxy) is 2. The molecule has 8 rings (SSSR count). The van der Waals surface area contributed by atoms with E-state index in [1.54, 1.807) is 40.4 Å². The number of carbonyl (C=O) groups is 2. The van der Waals surface area contributed by atoms with Crippen LogP contribution >= 0.6 is 11.6 Å². The summed E-state index contributed by atoms with van der Waals surface area (Å²) in [6.45, 7) is 6.60. The summed E-state index contributed by atoms with van der Waals surface area (Å²) < 4.78 is 26.9. The van der Waals surface area contributed by atoms with Crippen molar-refractivity contribution in [3.05, 3.63) is 75.0 Å². The van der Waals surface area contributed by atoms with Gasteiger partial charge in [0, 0.05) is 59.7 Å². The van der Waals surface area contributed by atoms with Crippen molar-refractivity contribution in [3.8, 4) is 17.0 Å². The first-order valence-electron chi connectivity index (χ1n) is 15.3. The van der Waals surface area contributed by atoms with E-state index in [1.807, 2.05) is 20.8 Å².